The highest BCUT2D eigenvalue weighted by Gasteiger charge is 2.36. The first-order valence-electron chi connectivity index (χ1n) is 6.02. The van der Waals surface area contributed by atoms with Crippen LogP contribution in [0.15, 0.2) is 24.5 Å². The molecular weight excluding hydrogens is 214 g/mol. The van der Waals surface area contributed by atoms with Gasteiger partial charge < -0.3 is 10.2 Å². The molecule has 0 bridgehead atoms. The Balaban J connectivity index is 2.14. The van der Waals surface area contributed by atoms with Crippen molar-refractivity contribution in [2.24, 2.45) is 5.41 Å². The van der Waals surface area contributed by atoms with Crippen molar-refractivity contribution in [2.45, 2.75) is 19.8 Å². The van der Waals surface area contributed by atoms with Crippen LogP contribution in [0.2, 0.25) is 0 Å². The standard InChI is InChI=1S/C13H19N3O/c1-13(5-9-15-10-6-13)12(17)16(2)11-3-7-14-8-4-11/h3-4,7-8,15H,5-6,9-10H2,1-2H3. The van der Waals surface area contributed by atoms with Crippen LogP contribution in [0.4, 0.5) is 5.69 Å². The van der Waals surface area contributed by atoms with Crippen LogP contribution < -0.4 is 10.2 Å². The van der Waals surface area contributed by atoms with E-state index in [9.17, 15) is 4.79 Å². The fraction of sp³-hybridized carbons (Fsp3) is 0.538. The number of aromatic nitrogens is 1. The molecule has 1 fully saturated rings. The second-order valence-corrected chi connectivity index (χ2v) is 4.88. The minimum Gasteiger partial charge on any atom is -0.317 e. The lowest BCUT2D eigenvalue weighted by molar-refractivity contribution is -0.128. The van der Waals surface area contributed by atoms with Crippen molar-refractivity contribution in [1.82, 2.24) is 10.3 Å². The van der Waals surface area contributed by atoms with E-state index in [2.05, 4.69) is 17.2 Å². The molecule has 1 aliphatic rings. The minimum atomic E-state index is -0.233. The van der Waals surface area contributed by atoms with Gasteiger partial charge in [0, 0.05) is 30.5 Å². The van der Waals surface area contributed by atoms with Crippen molar-refractivity contribution in [3.05, 3.63) is 24.5 Å². The van der Waals surface area contributed by atoms with Crippen LogP contribution in [-0.2, 0) is 4.79 Å². The Morgan fingerprint density at radius 2 is 1.94 bits per heavy atom. The van der Waals surface area contributed by atoms with Gasteiger partial charge in [0.25, 0.3) is 0 Å². The molecule has 0 spiro atoms. The van der Waals surface area contributed by atoms with E-state index in [1.165, 1.54) is 0 Å². The molecule has 1 saturated heterocycles. The van der Waals surface area contributed by atoms with Crippen molar-refractivity contribution in [2.75, 3.05) is 25.0 Å². The predicted octanol–water partition coefficient (Wildman–Crippen LogP) is 1.43. The number of pyridine rings is 1. The highest BCUT2D eigenvalue weighted by molar-refractivity contribution is 5.96. The SMILES string of the molecule is CN(C(=O)C1(C)CCNCC1)c1ccncc1. The van der Waals surface area contributed by atoms with Crippen LogP contribution in [0.1, 0.15) is 19.8 Å². The highest BCUT2D eigenvalue weighted by atomic mass is 16.2. The number of nitrogens with zero attached hydrogens (tertiary/aromatic N) is 2. The number of carbonyl (C=O) groups excluding carboxylic acids is 1. The lowest BCUT2D eigenvalue weighted by Crippen LogP contribution is -2.46. The molecule has 4 nitrogen and oxygen atoms in total. The maximum atomic E-state index is 12.5. The summed E-state index contributed by atoms with van der Waals surface area (Å²) in [7, 11) is 1.84. The van der Waals surface area contributed by atoms with E-state index in [1.54, 1.807) is 17.3 Å². The topological polar surface area (TPSA) is 45.2 Å². The van der Waals surface area contributed by atoms with Crippen molar-refractivity contribution >= 4 is 11.6 Å². The van der Waals surface area contributed by atoms with Crippen LogP contribution in [-0.4, -0.2) is 31.0 Å². The maximum absolute atomic E-state index is 12.5. The molecule has 0 unspecified atom stereocenters. The third-order valence-corrected chi connectivity index (χ3v) is 3.58. The molecule has 92 valence electrons. The molecule has 0 aromatic carbocycles. The molecule has 0 aliphatic carbocycles. The number of hydrogen-bond donors (Lipinski definition) is 1. The van der Waals surface area contributed by atoms with Crippen molar-refractivity contribution in [3.63, 3.8) is 0 Å². The van der Waals surface area contributed by atoms with Crippen LogP contribution in [0.25, 0.3) is 0 Å². The molecule has 4 heteroatoms. The zero-order valence-electron chi connectivity index (χ0n) is 10.4. The van der Waals surface area contributed by atoms with E-state index in [0.29, 0.717) is 0 Å². The van der Waals surface area contributed by atoms with Crippen LogP contribution in [0.3, 0.4) is 0 Å². The number of rotatable bonds is 2. The summed E-state index contributed by atoms with van der Waals surface area (Å²) in [5, 5.41) is 3.29. The second-order valence-electron chi connectivity index (χ2n) is 4.88. The molecule has 1 N–H and O–H groups in total. The zero-order chi connectivity index (χ0) is 12.3. The van der Waals surface area contributed by atoms with Gasteiger partial charge in [-0.15, -0.1) is 0 Å². The van der Waals surface area contributed by atoms with Crippen LogP contribution in [0.5, 0.6) is 0 Å². The maximum Gasteiger partial charge on any atom is 0.232 e. The van der Waals surface area contributed by atoms with Crippen molar-refractivity contribution in [1.29, 1.82) is 0 Å². The molecule has 2 heterocycles. The molecule has 1 amide bonds. The first-order valence-corrected chi connectivity index (χ1v) is 6.02. The Labute approximate surface area is 102 Å². The summed E-state index contributed by atoms with van der Waals surface area (Å²) in [6.07, 6.45) is 5.23. The Kier molecular flexibility index (Phi) is 3.43. The molecular formula is C13H19N3O. The lowest BCUT2D eigenvalue weighted by Gasteiger charge is -2.35. The number of nitrogens with one attached hydrogen (secondary N) is 1. The summed E-state index contributed by atoms with van der Waals surface area (Å²) in [5.41, 5.74) is 0.674. The van der Waals surface area contributed by atoms with E-state index in [-0.39, 0.29) is 11.3 Å². The van der Waals surface area contributed by atoms with Crippen LogP contribution in [0, 0.1) is 5.41 Å². The number of amides is 1. The smallest absolute Gasteiger partial charge is 0.232 e. The van der Waals surface area contributed by atoms with E-state index >= 15 is 0 Å². The van der Waals surface area contributed by atoms with Gasteiger partial charge in [0.1, 0.15) is 0 Å². The Hall–Kier alpha value is -1.42. The first-order chi connectivity index (χ1) is 8.13. The minimum absolute atomic E-state index is 0.199. The molecule has 2 rings (SSSR count). The number of anilines is 1. The number of piperidine rings is 1. The fourth-order valence-electron chi connectivity index (χ4n) is 2.28. The van der Waals surface area contributed by atoms with E-state index < -0.39 is 0 Å². The summed E-state index contributed by atoms with van der Waals surface area (Å²) in [5.74, 6) is 0.199. The van der Waals surface area contributed by atoms with Gasteiger partial charge in [-0.1, -0.05) is 6.92 Å². The molecule has 0 saturated carbocycles. The molecule has 1 aromatic heterocycles. The largest absolute Gasteiger partial charge is 0.317 e. The average Bonchev–Trinajstić information content (AvgIpc) is 2.39. The van der Waals surface area contributed by atoms with E-state index in [1.807, 2.05) is 19.2 Å². The lowest BCUT2D eigenvalue weighted by atomic mass is 9.79. The van der Waals surface area contributed by atoms with Gasteiger partial charge in [-0.3, -0.25) is 9.78 Å². The van der Waals surface area contributed by atoms with Gasteiger partial charge in [0.05, 0.1) is 0 Å². The third kappa shape index (κ3) is 2.47. The van der Waals surface area contributed by atoms with E-state index in [4.69, 9.17) is 0 Å². The van der Waals surface area contributed by atoms with Gasteiger partial charge in [0.15, 0.2) is 0 Å². The Morgan fingerprint density at radius 3 is 2.53 bits per heavy atom. The van der Waals surface area contributed by atoms with Crippen molar-refractivity contribution in [3.8, 4) is 0 Å². The summed E-state index contributed by atoms with van der Waals surface area (Å²) in [6.45, 7) is 3.91. The fourth-order valence-corrected chi connectivity index (χ4v) is 2.28. The van der Waals surface area contributed by atoms with Gasteiger partial charge in [-0.25, -0.2) is 0 Å². The summed E-state index contributed by atoms with van der Waals surface area (Å²) in [6, 6.07) is 3.73. The third-order valence-electron chi connectivity index (χ3n) is 3.58. The summed E-state index contributed by atoms with van der Waals surface area (Å²) >= 11 is 0. The van der Waals surface area contributed by atoms with E-state index in [0.717, 1.165) is 31.6 Å². The van der Waals surface area contributed by atoms with Crippen LogP contribution >= 0.6 is 0 Å². The highest BCUT2D eigenvalue weighted by Crippen LogP contribution is 2.31. The predicted molar refractivity (Wildman–Crippen MR) is 67.9 cm³/mol. The number of carbonyl (C=O) groups is 1. The number of hydrogen-bond acceptors (Lipinski definition) is 3. The van der Waals surface area contributed by atoms with Gasteiger partial charge in [0.2, 0.25) is 5.91 Å². The monoisotopic (exact) mass is 233 g/mol. The Morgan fingerprint density at radius 1 is 1.35 bits per heavy atom. The zero-order valence-corrected chi connectivity index (χ0v) is 10.4. The molecule has 0 atom stereocenters. The second kappa shape index (κ2) is 4.84. The summed E-state index contributed by atoms with van der Waals surface area (Å²) < 4.78 is 0. The molecule has 1 aliphatic heterocycles. The Bertz CT molecular complexity index is 385. The molecule has 1 aromatic rings. The normalized spacial score (nSPS) is 18.7. The quantitative estimate of drug-likeness (QED) is 0.840. The van der Waals surface area contributed by atoms with Gasteiger partial charge in [-0.05, 0) is 38.1 Å². The first kappa shape index (κ1) is 12.0. The van der Waals surface area contributed by atoms with Gasteiger partial charge in [-0.2, -0.15) is 0 Å². The average molecular weight is 233 g/mol. The molecule has 17 heavy (non-hydrogen) atoms. The summed E-state index contributed by atoms with van der Waals surface area (Å²) in [4.78, 5) is 18.2. The van der Waals surface area contributed by atoms with Crippen molar-refractivity contribution < 1.29 is 4.79 Å². The van der Waals surface area contributed by atoms with Gasteiger partial charge >= 0.3 is 0 Å². The molecule has 0 radical (unpaired) electrons.